The maximum Gasteiger partial charge on any atom is 0.176 e. The van der Waals surface area contributed by atoms with Crippen LogP contribution in [0.2, 0.25) is 0 Å². The minimum Gasteiger partial charge on any atom is -0.343 e. The van der Waals surface area contributed by atoms with Crippen LogP contribution in [0.1, 0.15) is 6.92 Å². The van der Waals surface area contributed by atoms with Gasteiger partial charge in [0.25, 0.3) is 0 Å². The number of benzene rings is 1. The summed E-state index contributed by atoms with van der Waals surface area (Å²) in [6, 6.07) is 7.75. The monoisotopic (exact) mass is 374 g/mol. The normalized spacial score (nSPS) is 28.0. The zero-order valence-electron chi connectivity index (χ0n) is 11.0. The molecule has 0 amide bonds. The summed E-state index contributed by atoms with van der Waals surface area (Å²) in [5, 5.41) is 0.732. The molecule has 20 heavy (non-hydrogen) atoms. The smallest absolute Gasteiger partial charge is 0.176 e. The van der Waals surface area contributed by atoms with Crippen molar-refractivity contribution in [2.45, 2.75) is 19.0 Å². The van der Waals surface area contributed by atoms with E-state index in [0.717, 1.165) is 21.8 Å². The van der Waals surface area contributed by atoms with E-state index in [1.807, 2.05) is 41.0 Å². The molecule has 0 aromatic heterocycles. The fraction of sp³-hybridized carbons (Fsp3) is 0.462. The van der Waals surface area contributed by atoms with Gasteiger partial charge in [-0.1, -0.05) is 22.0 Å². The third-order valence-corrected chi connectivity index (χ3v) is 6.53. The predicted molar refractivity (Wildman–Crippen MR) is 87.8 cm³/mol. The van der Waals surface area contributed by atoms with Crippen molar-refractivity contribution in [2.24, 2.45) is 0 Å². The Balaban J connectivity index is 2.04. The highest BCUT2D eigenvalue weighted by Gasteiger charge is 2.51. The van der Waals surface area contributed by atoms with E-state index in [2.05, 4.69) is 15.9 Å². The zero-order chi connectivity index (χ0) is 14.5. The molecular weight excluding hydrogens is 360 g/mol. The Morgan fingerprint density at radius 2 is 2.05 bits per heavy atom. The molecule has 2 saturated heterocycles. The van der Waals surface area contributed by atoms with Crippen LogP contribution in [0, 0.1) is 0 Å². The average molecular weight is 375 g/mol. The van der Waals surface area contributed by atoms with E-state index in [1.165, 1.54) is 0 Å². The van der Waals surface area contributed by atoms with E-state index in [-0.39, 0.29) is 23.6 Å². The van der Waals surface area contributed by atoms with Crippen LogP contribution in [0.4, 0.5) is 5.69 Å². The second-order valence-electron chi connectivity index (χ2n) is 5.13. The predicted octanol–water partition coefficient (Wildman–Crippen LogP) is 2.04. The molecule has 2 heterocycles. The first-order chi connectivity index (χ1) is 9.43. The summed E-state index contributed by atoms with van der Waals surface area (Å²) in [5.41, 5.74) is 0.951. The van der Waals surface area contributed by atoms with Gasteiger partial charge in [0.05, 0.1) is 23.6 Å². The highest BCUT2D eigenvalue weighted by atomic mass is 79.9. The van der Waals surface area contributed by atoms with Gasteiger partial charge < -0.3 is 9.80 Å². The van der Waals surface area contributed by atoms with Crippen molar-refractivity contribution >= 4 is 48.8 Å². The first-order valence-electron chi connectivity index (χ1n) is 6.49. The van der Waals surface area contributed by atoms with Gasteiger partial charge in [-0.05, 0) is 37.3 Å². The lowest BCUT2D eigenvalue weighted by Crippen LogP contribution is -2.37. The fourth-order valence-corrected chi connectivity index (χ4v) is 5.92. The van der Waals surface area contributed by atoms with Gasteiger partial charge in [-0.2, -0.15) is 0 Å². The van der Waals surface area contributed by atoms with E-state index in [0.29, 0.717) is 0 Å². The zero-order valence-corrected chi connectivity index (χ0v) is 14.2. The first-order valence-corrected chi connectivity index (χ1v) is 9.51. The number of thiocarbonyl (C=S) groups is 1. The van der Waals surface area contributed by atoms with Gasteiger partial charge in [0.1, 0.15) is 0 Å². The SMILES string of the molecule is CCN1C(=S)N(c2cccc(Br)c2)[C@H]2CS(=O)(=O)C[C@H]21. The van der Waals surface area contributed by atoms with Crippen molar-refractivity contribution in [1.82, 2.24) is 4.90 Å². The third-order valence-electron chi connectivity index (χ3n) is 3.90. The van der Waals surface area contributed by atoms with E-state index in [1.54, 1.807) is 0 Å². The number of likely N-dealkylation sites (N-methyl/N-ethyl adjacent to an activating group) is 1. The van der Waals surface area contributed by atoms with Crippen molar-refractivity contribution in [2.75, 3.05) is 23.0 Å². The molecule has 0 unspecified atom stereocenters. The van der Waals surface area contributed by atoms with Crippen molar-refractivity contribution in [3.8, 4) is 0 Å². The Morgan fingerprint density at radius 1 is 1.35 bits per heavy atom. The number of halogens is 1. The third kappa shape index (κ3) is 2.25. The van der Waals surface area contributed by atoms with E-state index in [9.17, 15) is 8.42 Å². The molecule has 0 spiro atoms. The van der Waals surface area contributed by atoms with Crippen LogP contribution in [0.3, 0.4) is 0 Å². The Labute approximate surface area is 132 Å². The summed E-state index contributed by atoms with van der Waals surface area (Å²) in [7, 11) is -2.98. The van der Waals surface area contributed by atoms with Crippen LogP contribution in [0.25, 0.3) is 0 Å². The maximum atomic E-state index is 12.0. The van der Waals surface area contributed by atoms with Gasteiger partial charge in [0.15, 0.2) is 14.9 Å². The molecule has 108 valence electrons. The first kappa shape index (κ1) is 14.3. The van der Waals surface area contributed by atoms with E-state index < -0.39 is 9.84 Å². The molecule has 0 bridgehead atoms. The molecule has 7 heteroatoms. The minimum atomic E-state index is -2.98. The molecule has 0 aliphatic carbocycles. The van der Waals surface area contributed by atoms with E-state index in [4.69, 9.17) is 12.2 Å². The van der Waals surface area contributed by atoms with Crippen molar-refractivity contribution in [1.29, 1.82) is 0 Å². The Bertz CT molecular complexity index is 662. The summed E-state index contributed by atoms with van der Waals surface area (Å²) in [6.07, 6.45) is 0. The van der Waals surface area contributed by atoms with E-state index >= 15 is 0 Å². The minimum absolute atomic E-state index is 0.0171. The van der Waals surface area contributed by atoms with Crippen molar-refractivity contribution < 1.29 is 8.42 Å². The Kier molecular flexibility index (Phi) is 3.54. The summed E-state index contributed by atoms with van der Waals surface area (Å²) >= 11 is 9.01. The molecule has 2 aliphatic rings. The number of sulfone groups is 1. The van der Waals surface area contributed by atoms with Crippen LogP contribution in [0.5, 0.6) is 0 Å². The molecule has 0 N–H and O–H groups in total. The number of anilines is 1. The second-order valence-corrected chi connectivity index (χ2v) is 8.56. The lowest BCUT2D eigenvalue weighted by Gasteiger charge is -2.25. The topological polar surface area (TPSA) is 40.6 Å². The molecule has 3 rings (SSSR count). The van der Waals surface area contributed by atoms with Gasteiger partial charge >= 0.3 is 0 Å². The largest absolute Gasteiger partial charge is 0.343 e. The van der Waals surface area contributed by atoms with Crippen LogP contribution in [-0.4, -0.2) is 48.6 Å². The maximum absolute atomic E-state index is 12.0. The quantitative estimate of drug-likeness (QED) is 0.740. The molecule has 2 aliphatic heterocycles. The van der Waals surface area contributed by atoms with Crippen LogP contribution in [0.15, 0.2) is 28.7 Å². The van der Waals surface area contributed by atoms with Gasteiger partial charge in [-0.15, -0.1) is 0 Å². The molecule has 1 aromatic carbocycles. The lowest BCUT2D eigenvalue weighted by molar-refractivity contribution is 0.373. The summed E-state index contributed by atoms with van der Waals surface area (Å²) in [5.74, 6) is 0.386. The highest BCUT2D eigenvalue weighted by Crippen LogP contribution is 2.35. The molecule has 2 atom stereocenters. The summed E-state index contributed by atoms with van der Waals surface area (Å²) < 4.78 is 24.9. The fourth-order valence-electron chi connectivity index (χ4n) is 3.07. The Hall–Kier alpha value is -0.660. The molecule has 2 fully saturated rings. The number of hydrogen-bond acceptors (Lipinski definition) is 3. The average Bonchev–Trinajstić information content (AvgIpc) is 2.78. The van der Waals surface area contributed by atoms with Crippen molar-refractivity contribution in [3.63, 3.8) is 0 Å². The second kappa shape index (κ2) is 4.96. The van der Waals surface area contributed by atoms with Crippen molar-refractivity contribution in [3.05, 3.63) is 28.7 Å². The summed E-state index contributed by atoms with van der Waals surface area (Å²) in [6.45, 7) is 2.75. The number of fused-ring (bicyclic) bond motifs is 1. The molecular formula is C13H15BrN2O2S2. The standard InChI is InChI=1S/C13H15BrN2O2S2/c1-2-15-11-7-20(17,18)8-12(11)16(13(15)19)10-5-3-4-9(14)6-10/h3-6,11-12H,2,7-8H2,1H3/t11-,12+/m1/s1. The van der Waals surface area contributed by atoms with Crippen LogP contribution >= 0.6 is 28.1 Å². The highest BCUT2D eigenvalue weighted by molar-refractivity contribution is 9.10. The van der Waals surface area contributed by atoms with Gasteiger partial charge in [0.2, 0.25) is 0 Å². The number of rotatable bonds is 2. The molecule has 0 radical (unpaired) electrons. The Morgan fingerprint density at radius 3 is 2.70 bits per heavy atom. The molecule has 4 nitrogen and oxygen atoms in total. The van der Waals surface area contributed by atoms with Gasteiger partial charge in [-0.25, -0.2) is 8.42 Å². The summed E-state index contributed by atoms with van der Waals surface area (Å²) in [4.78, 5) is 4.03. The van der Waals surface area contributed by atoms with Gasteiger partial charge in [-0.3, -0.25) is 0 Å². The lowest BCUT2D eigenvalue weighted by atomic mass is 10.1. The van der Waals surface area contributed by atoms with Gasteiger partial charge in [0, 0.05) is 16.7 Å². The molecule has 1 aromatic rings. The van der Waals surface area contributed by atoms with Crippen LogP contribution < -0.4 is 4.90 Å². The number of hydrogen-bond donors (Lipinski definition) is 0. The molecule has 0 saturated carbocycles. The van der Waals surface area contributed by atoms with Crippen LogP contribution in [-0.2, 0) is 9.84 Å². The number of nitrogens with zero attached hydrogens (tertiary/aromatic N) is 2.